The maximum Gasteiger partial charge on any atom is 0.325 e. The van der Waals surface area contributed by atoms with Crippen molar-refractivity contribution in [2.75, 3.05) is 20.1 Å². The van der Waals surface area contributed by atoms with Crippen molar-refractivity contribution in [1.29, 1.82) is 0 Å². The van der Waals surface area contributed by atoms with Crippen molar-refractivity contribution in [3.8, 4) is 0 Å². The predicted molar refractivity (Wildman–Crippen MR) is 112 cm³/mol. The van der Waals surface area contributed by atoms with Gasteiger partial charge >= 0.3 is 6.03 Å². The van der Waals surface area contributed by atoms with E-state index in [0.29, 0.717) is 5.56 Å². The molecule has 1 atom stereocenters. The number of amides is 5. The maximum absolute atomic E-state index is 13.1. The molecule has 30 heavy (non-hydrogen) atoms. The number of nitrogens with zero attached hydrogens (tertiary/aromatic N) is 2. The van der Waals surface area contributed by atoms with Crippen LogP contribution in [0.1, 0.15) is 26.3 Å². The Hall–Kier alpha value is -3.42. The number of carbonyl (C=O) groups excluding carboxylic acids is 4. The molecule has 158 valence electrons. The first-order valence-corrected chi connectivity index (χ1v) is 9.78. The van der Waals surface area contributed by atoms with Crippen molar-refractivity contribution in [2.45, 2.75) is 32.4 Å². The van der Waals surface area contributed by atoms with Crippen LogP contribution in [0.4, 0.5) is 4.79 Å². The summed E-state index contributed by atoms with van der Waals surface area (Å²) in [4.78, 5) is 52.1. The molecular formula is C22H26N4O4. The molecule has 2 aromatic carbocycles. The van der Waals surface area contributed by atoms with E-state index in [0.717, 1.165) is 15.7 Å². The summed E-state index contributed by atoms with van der Waals surface area (Å²) in [5, 5.41) is 7.38. The highest BCUT2D eigenvalue weighted by molar-refractivity contribution is 6.09. The van der Waals surface area contributed by atoms with Gasteiger partial charge < -0.3 is 15.5 Å². The molecule has 2 aromatic rings. The van der Waals surface area contributed by atoms with Gasteiger partial charge in [0, 0.05) is 13.1 Å². The standard InChI is InChI=1S/C22H26N4O4/c1-14(2)23-18(27)12-25(4)19(28)13-26-20(29)22(3,24-21(26)30)17-10-9-15-7-5-6-8-16(15)11-17/h5-11,14H,12-13H2,1-4H3,(H,23,27)(H,24,30)/t22-/m0/s1. The summed E-state index contributed by atoms with van der Waals surface area (Å²) >= 11 is 0. The Morgan fingerprint density at radius 2 is 1.80 bits per heavy atom. The molecule has 3 rings (SSSR count). The van der Waals surface area contributed by atoms with Gasteiger partial charge in [0.1, 0.15) is 12.1 Å². The zero-order valence-electron chi connectivity index (χ0n) is 17.6. The quantitative estimate of drug-likeness (QED) is 0.707. The zero-order chi connectivity index (χ0) is 22.1. The molecule has 8 heteroatoms. The molecule has 1 saturated heterocycles. The van der Waals surface area contributed by atoms with Gasteiger partial charge in [-0.3, -0.25) is 19.3 Å². The fourth-order valence-corrected chi connectivity index (χ4v) is 3.46. The van der Waals surface area contributed by atoms with Gasteiger partial charge in [-0.25, -0.2) is 4.79 Å². The third kappa shape index (κ3) is 4.12. The van der Waals surface area contributed by atoms with Crippen LogP contribution in [0, 0.1) is 0 Å². The van der Waals surface area contributed by atoms with Crippen molar-refractivity contribution in [2.24, 2.45) is 0 Å². The van der Waals surface area contributed by atoms with E-state index in [2.05, 4.69) is 10.6 Å². The van der Waals surface area contributed by atoms with E-state index < -0.39 is 29.9 Å². The van der Waals surface area contributed by atoms with Gasteiger partial charge in [0.05, 0.1) is 6.54 Å². The maximum atomic E-state index is 13.1. The average Bonchev–Trinajstić information content (AvgIpc) is 2.90. The Morgan fingerprint density at radius 3 is 2.47 bits per heavy atom. The smallest absolute Gasteiger partial charge is 0.325 e. The largest absolute Gasteiger partial charge is 0.352 e. The second kappa shape index (κ2) is 8.14. The molecule has 0 aliphatic carbocycles. The lowest BCUT2D eigenvalue weighted by atomic mass is 9.90. The van der Waals surface area contributed by atoms with Crippen LogP contribution in [0.2, 0.25) is 0 Å². The highest BCUT2D eigenvalue weighted by Crippen LogP contribution is 2.31. The first-order valence-electron chi connectivity index (χ1n) is 9.78. The van der Waals surface area contributed by atoms with Crippen molar-refractivity contribution in [1.82, 2.24) is 20.4 Å². The predicted octanol–water partition coefficient (Wildman–Crippen LogP) is 1.59. The lowest BCUT2D eigenvalue weighted by Gasteiger charge is -2.23. The molecule has 0 bridgehead atoms. The minimum Gasteiger partial charge on any atom is -0.352 e. The molecule has 0 spiro atoms. The number of likely N-dealkylation sites (N-methyl/N-ethyl adjacent to an activating group) is 1. The average molecular weight is 410 g/mol. The Kier molecular flexibility index (Phi) is 5.78. The van der Waals surface area contributed by atoms with E-state index in [1.54, 1.807) is 13.0 Å². The van der Waals surface area contributed by atoms with Crippen LogP contribution in [-0.4, -0.2) is 59.7 Å². The molecule has 0 radical (unpaired) electrons. The summed E-state index contributed by atoms with van der Waals surface area (Å²) < 4.78 is 0. The summed E-state index contributed by atoms with van der Waals surface area (Å²) in [6.45, 7) is 4.69. The van der Waals surface area contributed by atoms with E-state index >= 15 is 0 Å². The minimum absolute atomic E-state index is 0.0467. The first-order chi connectivity index (χ1) is 14.1. The molecular weight excluding hydrogens is 384 g/mol. The van der Waals surface area contributed by atoms with Crippen LogP contribution in [-0.2, 0) is 19.9 Å². The van der Waals surface area contributed by atoms with Crippen molar-refractivity contribution < 1.29 is 19.2 Å². The molecule has 0 unspecified atom stereocenters. The second-order valence-corrected chi connectivity index (χ2v) is 7.98. The number of urea groups is 1. The van der Waals surface area contributed by atoms with E-state index in [1.807, 2.05) is 50.2 Å². The second-order valence-electron chi connectivity index (χ2n) is 7.98. The van der Waals surface area contributed by atoms with Crippen molar-refractivity contribution in [3.05, 3.63) is 48.0 Å². The minimum atomic E-state index is -1.27. The Morgan fingerprint density at radius 1 is 1.13 bits per heavy atom. The molecule has 1 aliphatic rings. The third-order valence-corrected chi connectivity index (χ3v) is 5.15. The van der Waals surface area contributed by atoms with Crippen LogP contribution < -0.4 is 10.6 Å². The number of hydrogen-bond acceptors (Lipinski definition) is 4. The van der Waals surface area contributed by atoms with E-state index in [9.17, 15) is 19.2 Å². The molecule has 1 aliphatic heterocycles. The van der Waals surface area contributed by atoms with Gasteiger partial charge in [-0.15, -0.1) is 0 Å². The number of nitrogens with one attached hydrogen (secondary N) is 2. The Bertz CT molecular complexity index is 1020. The fraction of sp³-hybridized carbons (Fsp3) is 0.364. The lowest BCUT2D eigenvalue weighted by molar-refractivity contribution is -0.139. The lowest BCUT2D eigenvalue weighted by Crippen LogP contribution is -2.46. The van der Waals surface area contributed by atoms with Gasteiger partial charge in [0.25, 0.3) is 5.91 Å². The SMILES string of the molecule is CC(C)NC(=O)CN(C)C(=O)CN1C(=O)N[C@@](C)(c2ccc3ccccc3c2)C1=O. The van der Waals surface area contributed by atoms with E-state index in [4.69, 9.17) is 0 Å². The molecule has 5 amide bonds. The van der Waals surface area contributed by atoms with Crippen LogP contribution in [0.3, 0.4) is 0 Å². The molecule has 0 aromatic heterocycles. The normalized spacial score (nSPS) is 18.6. The van der Waals surface area contributed by atoms with E-state index in [-0.39, 0.29) is 18.5 Å². The van der Waals surface area contributed by atoms with Gasteiger partial charge in [-0.1, -0.05) is 36.4 Å². The summed E-state index contributed by atoms with van der Waals surface area (Å²) in [7, 11) is 1.46. The van der Waals surface area contributed by atoms with Crippen molar-refractivity contribution in [3.63, 3.8) is 0 Å². The van der Waals surface area contributed by atoms with Crippen LogP contribution in [0.15, 0.2) is 42.5 Å². The summed E-state index contributed by atoms with van der Waals surface area (Å²) in [5.41, 5.74) is -0.631. The number of carbonyl (C=O) groups is 4. The molecule has 1 heterocycles. The number of fused-ring (bicyclic) bond motifs is 1. The summed E-state index contributed by atoms with van der Waals surface area (Å²) in [6, 6.07) is 12.6. The monoisotopic (exact) mass is 410 g/mol. The van der Waals surface area contributed by atoms with Gasteiger partial charge in [-0.05, 0) is 43.2 Å². The molecule has 0 saturated carbocycles. The Labute approximate surface area is 175 Å². The number of benzene rings is 2. The van der Waals surface area contributed by atoms with Gasteiger partial charge in [-0.2, -0.15) is 0 Å². The van der Waals surface area contributed by atoms with E-state index in [1.165, 1.54) is 11.9 Å². The zero-order valence-corrected chi connectivity index (χ0v) is 17.6. The van der Waals surface area contributed by atoms with Gasteiger partial charge in [0.2, 0.25) is 11.8 Å². The summed E-state index contributed by atoms with van der Waals surface area (Å²) in [6.07, 6.45) is 0. The van der Waals surface area contributed by atoms with Crippen LogP contribution in [0.5, 0.6) is 0 Å². The fourth-order valence-electron chi connectivity index (χ4n) is 3.46. The van der Waals surface area contributed by atoms with Gasteiger partial charge in [0.15, 0.2) is 0 Å². The van der Waals surface area contributed by atoms with Crippen molar-refractivity contribution >= 4 is 34.5 Å². The number of hydrogen-bond donors (Lipinski definition) is 2. The first kappa shape index (κ1) is 21.3. The number of imide groups is 1. The molecule has 8 nitrogen and oxygen atoms in total. The third-order valence-electron chi connectivity index (χ3n) is 5.15. The van der Waals surface area contributed by atoms with Crippen LogP contribution in [0.25, 0.3) is 10.8 Å². The molecule has 2 N–H and O–H groups in total. The Balaban J connectivity index is 1.75. The highest BCUT2D eigenvalue weighted by atomic mass is 16.2. The number of rotatable bonds is 6. The molecule has 1 fully saturated rings. The topological polar surface area (TPSA) is 98.8 Å². The highest BCUT2D eigenvalue weighted by Gasteiger charge is 2.49. The van der Waals surface area contributed by atoms with Crippen LogP contribution >= 0.6 is 0 Å². The summed E-state index contributed by atoms with van der Waals surface area (Å²) in [5.74, 6) is -1.31.